The van der Waals surface area contributed by atoms with Crippen molar-refractivity contribution in [1.29, 1.82) is 0 Å². The van der Waals surface area contributed by atoms with Gasteiger partial charge in [-0.1, -0.05) is 26.0 Å². The van der Waals surface area contributed by atoms with Gasteiger partial charge in [-0.2, -0.15) is 17.2 Å². The van der Waals surface area contributed by atoms with Gasteiger partial charge in [0.1, 0.15) is 5.75 Å². The van der Waals surface area contributed by atoms with Crippen LogP contribution in [0, 0.1) is 0 Å². The quantitative estimate of drug-likeness (QED) is 0.731. The summed E-state index contributed by atoms with van der Waals surface area (Å²) in [6.07, 6.45) is -2.93. The molecule has 1 rings (SSSR count). The van der Waals surface area contributed by atoms with Crippen LogP contribution in [0.2, 0.25) is 0 Å². The van der Waals surface area contributed by atoms with Crippen molar-refractivity contribution in [1.82, 2.24) is 0 Å². The Morgan fingerprint density at radius 1 is 1.27 bits per heavy atom. The zero-order valence-corrected chi connectivity index (χ0v) is 13.1. The van der Waals surface area contributed by atoms with Crippen molar-refractivity contribution in [2.45, 2.75) is 44.0 Å². The third-order valence-electron chi connectivity index (χ3n) is 3.41. The minimum Gasteiger partial charge on any atom is -0.493 e. The Balaban J connectivity index is 2.54. The van der Waals surface area contributed by atoms with Gasteiger partial charge in [-0.05, 0) is 30.0 Å². The third kappa shape index (κ3) is 4.61. The van der Waals surface area contributed by atoms with Crippen LogP contribution in [0.4, 0.5) is 13.2 Å². The molecule has 8 heteroatoms. The SMILES string of the molecule is CCC(C)c1ccc(OCCC(F)C(F)(F)S(=O)(=O)O)cc1. The molecule has 2 unspecified atom stereocenters. The molecule has 0 saturated carbocycles. The number of hydrogen-bond donors (Lipinski definition) is 1. The van der Waals surface area contributed by atoms with Crippen LogP contribution >= 0.6 is 0 Å². The highest BCUT2D eigenvalue weighted by atomic mass is 32.2. The Kier molecular flexibility index (Phi) is 6.25. The Morgan fingerprint density at radius 3 is 2.27 bits per heavy atom. The van der Waals surface area contributed by atoms with Crippen LogP contribution in [0.3, 0.4) is 0 Å². The van der Waals surface area contributed by atoms with E-state index in [1.807, 2.05) is 19.1 Å². The molecule has 1 aromatic carbocycles. The molecule has 0 spiro atoms. The highest BCUT2D eigenvalue weighted by molar-refractivity contribution is 7.86. The van der Waals surface area contributed by atoms with E-state index in [0.29, 0.717) is 11.7 Å². The van der Waals surface area contributed by atoms with Crippen molar-refractivity contribution in [2.75, 3.05) is 6.61 Å². The fourth-order valence-electron chi connectivity index (χ4n) is 1.74. The van der Waals surface area contributed by atoms with Crippen LogP contribution in [0.25, 0.3) is 0 Å². The normalized spacial score (nSPS) is 15.4. The lowest BCUT2D eigenvalue weighted by Gasteiger charge is -2.17. The minimum absolute atomic E-state index is 0.370. The molecular formula is C14H19F3O4S. The molecule has 22 heavy (non-hydrogen) atoms. The monoisotopic (exact) mass is 340 g/mol. The van der Waals surface area contributed by atoms with Crippen LogP contribution in [-0.2, 0) is 10.1 Å². The average molecular weight is 340 g/mol. The summed E-state index contributed by atoms with van der Waals surface area (Å²) in [4.78, 5) is 0. The maximum Gasteiger partial charge on any atom is 0.400 e. The molecule has 126 valence electrons. The van der Waals surface area contributed by atoms with E-state index in [0.717, 1.165) is 12.0 Å². The average Bonchev–Trinajstić information content (AvgIpc) is 2.45. The van der Waals surface area contributed by atoms with E-state index in [1.54, 1.807) is 12.1 Å². The molecule has 0 fully saturated rings. The largest absolute Gasteiger partial charge is 0.493 e. The summed E-state index contributed by atoms with van der Waals surface area (Å²) in [5, 5.41) is -4.84. The smallest absolute Gasteiger partial charge is 0.400 e. The van der Waals surface area contributed by atoms with Crippen molar-refractivity contribution < 1.29 is 30.9 Å². The van der Waals surface area contributed by atoms with E-state index in [4.69, 9.17) is 9.29 Å². The van der Waals surface area contributed by atoms with Crippen molar-refractivity contribution in [3.63, 3.8) is 0 Å². The summed E-state index contributed by atoms with van der Waals surface area (Å²) in [6.45, 7) is 3.67. The summed E-state index contributed by atoms with van der Waals surface area (Å²) in [5.74, 6) is 0.743. The van der Waals surface area contributed by atoms with Gasteiger partial charge >= 0.3 is 15.4 Å². The molecule has 0 radical (unpaired) electrons. The van der Waals surface area contributed by atoms with Gasteiger partial charge in [-0.25, -0.2) is 4.39 Å². The highest BCUT2D eigenvalue weighted by Gasteiger charge is 2.52. The van der Waals surface area contributed by atoms with Gasteiger partial charge in [0.25, 0.3) is 0 Å². The summed E-state index contributed by atoms with van der Waals surface area (Å²) in [6, 6.07) is 6.91. The number of benzene rings is 1. The molecule has 4 nitrogen and oxygen atoms in total. The lowest BCUT2D eigenvalue weighted by Crippen LogP contribution is -2.39. The summed E-state index contributed by atoms with van der Waals surface area (Å²) in [7, 11) is -5.78. The Bertz CT molecular complexity index is 572. The molecule has 0 heterocycles. The maximum absolute atomic E-state index is 13.2. The summed E-state index contributed by atoms with van der Waals surface area (Å²) < 4.78 is 73.3. The van der Waals surface area contributed by atoms with E-state index < -0.39 is 34.6 Å². The maximum atomic E-state index is 13.2. The zero-order chi connectivity index (χ0) is 17.0. The zero-order valence-electron chi connectivity index (χ0n) is 12.3. The molecule has 1 N–H and O–H groups in total. The van der Waals surface area contributed by atoms with E-state index in [9.17, 15) is 21.6 Å². The van der Waals surface area contributed by atoms with Crippen molar-refractivity contribution >= 4 is 10.1 Å². The van der Waals surface area contributed by atoms with Crippen LogP contribution < -0.4 is 4.74 Å². The van der Waals surface area contributed by atoms with Crippen molar-refractivity contribution in [3.8, 4) is 5.75 Å². The molecule has 1 aromatic rings. The molecule has 2 atom stereocenters. The summed E-state index contributed by atoms with van der Waals surface area (Å²) in [5.41, 5.74) is 1.09. The van der Waals surface area contributed by atoms with E-state index in [-0.39, 0.29) is 0 Å². The van der Waals surface area contributed by atoms with Crippen molar-refractivity contribution in [2.24, 2.45) is 0 Å². The van der Waals surface area contributed by atoms with Gasteiger partial charge in [0.2, 0.25) is 0 Å². The minimum atomic E-state index is -5.78. The number of hydrogen-bond acceptors (Lipinski definition) is 3. The first-order valence-electron chi connectivity index (χ1n) is 6.81. The second-order valence-electron chi connectivity index (χ2n) is 5.02. The first-order valence-corrected chi connectivity index (χ1v) is 8.25. The lowest BCUT2D eigenvalue weighted by atomic mass is 9.99. The molecule has 0 bridgehead atoms. The Hall–Kier alpha value is -1.28. The third-order valence-corrected chi connectivity index (χ3v) is 4.35. The summed E-state index contributed by atoms with van der Waals surface area (Å²) >= 11 is 0. The Morgan fingerprint density at radius 2 is 1.82 bits per heavy atom. The standard InChI is InChI=1S/C14H19F3O4S/c1-3-10(2)11-4-6-12(7-5-11)21-9-8-13(15)14(16,17)22(18,19)20/h4-7,10,13H,3,8-9H2,1-2H3,(H,18,19,20). The van der Waals surface area contributed by atoms with Gasteiger partial charge < -0.3 is 4.74 Å². The molecule has 0 aliphatic carbocycles. The number of alkyl halides is 3. The van der Waals surface area contributed by atoms with Crippen LogP contribution in [0.1, 0.15) is 38.2 Å². The lowest BCUT2D eigenvalue weighted by molar-refractivity contribution is -0.0110. The predicted octanol–water partition coefficient (Wildman–Crippen LogP) is 3.79. The van der Waals surface area contributed by atoms with Gasteiger partial charge in [-0.3, -0.25) is 4.55 Å². The van der Waals surface area contributed by atoms with Crippen LogP contribution in [0.15, 0.2) is 24.3 Å². The van der Waals surface area contributed by atoms with Gasteiger partial charge in [0.15, 0.2) is 6.17 Å². The fourth-order valence-corrected chi connectivity index (χ4v) is 2.18. The number of halogens is 3. The molecule has 0 saturated heterocycles. The van der Waals surface area contributed by atoms with Gasteiger partial charge in [-0.15, -0.1) is 0 Å². The number of ether oxygens (including phenoxy) is 1. The second kappa shape index (κ2) is 7.32. The fraction of sp³-hybridized carbons (Fsp3) is 0.571. The van der Waals surface area contributed by atoms with E-state index in [2.05, 4.69) is 6.92 Å². The van der Waals surface area contributed by atoms with Gasteiger partial charge in [0, 0.05) is 6.42 Å². The molecule has 0 aliphatic heterocycles. The van der Waals surface area contributed by atoms with Gasteiger partial charge in [0.05, 0.1) is 6.61 Å². The highest BCUT2D eigenvalue weighted by Crippen LogP contribution is 2.29. The molecule has 0 aromatic heterocycles. The Labute approximate surface area is 128 Å². The van der Waals surface area contributed by atoms with E-state index in [1.165, 1.54) is 0 Å². The van der Waals surface area contributed by atoms with Crippen LogP contribution in [-0.4, -0.2) is 31.0 Å². The topological polar surface area (TPSA) is 63.6 Å². The van der Waals surface area contributed by atoms with E-state index >= 15 is 0 Å². The van der Waals surface area contributed by atoms with Crippen molar-refractivity contribution in [3.05, 3.63) is 29.8 Å². The first-order chi connectivity index (χ1) is 10.1. The first kappa shape index (κ1) is 18.8. The molecule has 0 amide bonds. The second-order valence-corrected chi connectivity index (χ2v) is 6.51. The molecular weight excluding hydrogens is 321 g/mol. The van der Waals surface area contributed by atoms with Crippen LogP contribution in [0.5, 0.6) is 5.75 Å². The predicted molar refractivity (Wildman–Crippen MR) is 76.7 cm³/mol. The molecule has 0 aliphatic rings. The number of rotatable bonds is 8.